The number of esters is 2. The Labute approximate surface area is 201 Å². The maximum Gasteiger partial charge on any atom is 0.339 e. The fourth-order valence-corrected chi connectivity index (χ4v) is 3.54. The molecular weight excluding hydrogens is 440 g/mol. The number of aromatic carboxylic acids is 2. The van der Waals surface area contributed by atoms with Crippen LogP contribution < -0.4 is 0 Å². The molecule has 1 aromatic rings. The van der Waals surface area contributed by atoms with Crippen LogP contribution in [0.4, 0.5) is 0 Å². The summed E-state index contributed by atoms with van der Waals surface area (Å²) in [4.78, 5) is 48.4. The maximum absolute atomic E-state index is 12.5. The molecule has 0 unspecified atom stereocenters. The molecule has 0 radical (unpaired) electrons. The molecule has 0 fully saturated rings. The van der Waals surface area contributed by atoms with Crippen molar-refractivity contribution in [3.63, 3.8) is 0 Å². The van der Waals surface area contributed by atoms with E-state index in [0.29, 0.717) is 12.8 Å². The van der Waals surface area contributed by atoms with Gasteiger partial charge in [-0.1, -0.05) is 78.1 Å². The molecule has 2 N–H and O–H groups in total. The Balaban J connectivity index is 2.84. The van der Waals surface area contributed by atoms with Crippen molar-refractivity contribution in [3.8, 4) is 0 Å². The first-order valence-electron chi connectivity index (χ1n) is 12.3. The van der Waals surface area contributed by atoms with Gasteiger partial charge in [-0.15, -0.1) is 0 Å². The summed E-state index contributed by atoms with van der Waals surface area (Å²) in [5.74, 6) is -4.79. The quantitative estimate of drug-likeness (QED) is 0.191. The smallest absolute Gasteiger partial charge is 0.339 e. The number of hydrogen-bond donors (Lipinski definition) is 2. The highest BCUT2D eigenvalue weighted by Crippen LogP contribution is 2.21. The zero-order chi connectivity index (χ0) is 25.3. The van der Waals surface area contributed by atoms with E-state index in [1.54, 1.807) is 0 Å². The molecule has 190 valence electrons. The lowest BCUT2D eigenvalue weighted by Crippen LogP contribution is -2.19. The molecule has 8 nitrogen and oxygen atoms in total. The molecule has 8 heteroatoms. The van der Waals surface area contributed by atoms with E-state index in [-0.39, 0.29) is 13.2 Å². The summed E-state index contributed by atoms with van der Waals surface area (Å²) in [6, 6.07) is 1.77. The van der Waals surface area contributed by atoms with Gasteiger partial charge in [0.15, 0.2) is 0 Å². The van der Waals surface area contributed by atoms with Crippen molar-refractivity contribution < 1.29 is 38.9 Å². The number of carboxylic acid groups (broad SMARTS) is 2. The largest absolute Gasteiger partial charge is 0.478 e. The van der Waals surface area contributed by atoms with Crippen molar-refractivity contribution >= 4 is 23.9 Å². The summed E-state index contributed by atoms with van der Waals surface area (Å²) >= 11 is 0. The van der Waals surface area contributed by atoms with Crippen LogP contribution in [0.3, 0.4) is 0 Å². The van der Waals surface area contributed by atoms with Gasteiger partial charge >= 0.3 is 23.9 Å². The van der Waals surface area contributed by atoms with Gasteiger partial charge in [0.2, 0.25) is 0 Å². The van der Waals surface area contributed by atoms with Crippen molar-refractivity contribution in [1.82, 2.24) is 0 Å². The van der Waals surface area contributed by atoms with Gasteiger partial charge in [-0.3, -0.25) is 0 Å². The van der Waals surface area contributed by atoms with E-state index in [2.05, 4.69) is 13.8 Å². The van der Waals surface area contributed by atoms with E-state index in [1.807, 2.05) is 0 Å². The second-order valence-corrected chi connectivity index (χ2v) is 8.36. The molecule has 0 amide bonds. The van der Waals surface area contributed by atoms with E-state index in [0.717, 1.165) is 76.3 Å². The molecule has 1 rings (SSSR count). The van der Waals surface area contributed by atoms with E-state index in [4.69, 9.17) is 9.47 Å². The SMILES string of the molecule is CCCCCCCCOC(=O)c1cc(C(=O)O)c(C(=O)OCCCCCCCC)cc1C(=O)O. The molecule has 0 aliphatic carbocycles. The highest BCUT2D eigenvalue weighted by atomic mass is 16.5. The Hall–Kier alpha value is -2.90. The Bertz CT molecular complexity index is 748. The summed E-state index contributed by atoms with van der Waals surface area (Å²) in [5.41, 5.74) is -1.79. The van der Waals surface area contributed by atoms with Gasteiger partial charge in [-0.05, 0) is 25.0 Å². The van der Waals surface area contributed by atoms with Crippen LogP contribution >= 0.6 is 0 Å². The van der Waals surface area contributed by atoms with Gasteiger partial charge in [0.05, 0.1) is 35.5 Å². The number of ether oxygens (including phenoxy) is 2. The standard InChI is InChI=1S/C26H38O8/c1-3-5-7-9-11-13-15-33-25(31)21-17-20(24(29)30)22(18-19(21)23(27)28)26(32)34-16-14-12-10-8-6-4-2/h17-18H,3-16H2,1-2H3,(H,27,28)(H,29,30). The number of hydrogen-bond acceptors (Lipinski definition) is 6. The predicted octanol–water partition coefficient (Wildman–Crippen LogP) is 6.12. The summed E-state index contributed by atoms with van der Waals surface area (Å²) in [6.45, 7) is 4.45. The van der Waals surface area contributed by atoms with Crippen molar-refractivity contribution in [2.75, 3.05) is 13.2 Å². The van der Waals surface area contributed by atoms with E-state index in [1.165, 1.54) is 0 Å². The minimum absolute atomic E-state index is 0.106. The monoisotopic (exact) mass is 478 g/mol. The second kappa shape index (κ2) is 16.7. The van der Waals surface area contributed by atoms with Gasteiger partial charge in [0.1, 0.15) is 0 Å². The molecule has 0 saturated carbocycles. The van der Waals surface area contributed by atoms with Crippen molar-refractivity contribution in [3.05, 3.63) is 34.4 Å². The molecule has 0 spiro atoms. The molecule has 0 saturated heterocycles. The Kier molecular flexibility index (Phi) is 14.3. The maximum atomic E-state index is 12.5. The normalized spacial score (nSPS) is 10.6. The van der Waals surface area contributed by atoms with Gasteiger partial charge < -0.3 is 19.7 Å². The highest BCUT2D eigenvalue weighted by Gasteiger charge is 2.27. The number of rotatable bonds is 18. The Morgan fingerprint density at radius 2 is 0.882 bits per heavy atom. The average molecular weight is 479 g/mol. The minimum atomic E-state index is -1.46. The topological polar surface area (TPSA) is 127 Å². The average Bonchev–Trinajstić information content (AvgIpc) is 2.81. The molecule has 0 atom stereocenters. The first kappa shape index (κ1) is 29.1. The fourth-order valence-electron chi connectivity index (χ4n) is 3.54. The molecule has 1 aromatic carbocycles. The number of carbonyl (C=O) groups is 4. The molecule has 0 aromatic heterocycles. The van der Waals surface area contributed by atoms with E-state index in [9.17, 15) is 29.4 Å². The number of unbranched alkanes of at least 4 members (excludes halogenated alkanes) is 10. The zero-order valence-corrected chi connectivity index (χ0v) is 20.4. The molecule has 0 bridgehead atoms. The Morgan fingerprint density at radius 3 is 1.21 bits per heavy atom. The van der Waals surface area contributed by atoms with E-state index >= 15 is 0 Å². The van der Waals surface area contributed by atoms with Crippen LogP contribution in [0, 0.1) is 0 Å². The first-order chi connectivity index (χ1) is 16.3. The van der Waals surface area contributed by atoms with Crippen LogP contribution in [-0.2, 0) is 9.47 Å². The summed E-state index contributed by atoms with van der Waals surface area (Å²) in [7, 11) is 0. The van der Waals surface area contributed by atoms with Crippen molar-refractivity contribution in [2.45, 2.75) is 90.9 Å². The summed E-state index contributed by atoms with van der Waals surface area (Å²) < 4.78 is 10.3. The first-order valence-corrected chi connectivity index (χ1v) is 12.3. The third-order valence-electron chi connectivity index (χ3n) is 5.52. The van der Waals surface area contributed by atoms with Gasteiger partial charge in [0, 0.05) is 0 Å². The Morgan fingerprint density at radius 1 is 0.559 bits per heavy atom. The molecule has 0 aliphatic heterocycles. The van der Waals surface area contributed by atoms with Gasteiger partial charge in [0.25, 0.3) is 0 Å². The predicted molar refractivity (Wildman–Crippen MR) is 128 cm³/mol. The van der Waals surface area contributed by atoms with Crippen LogP contribution in [0.2, 0.25) is 0 Å². The number of carboxylic acids is 2. The summed E-state index contributed by atoms with van der Waals surface area (Å²) in [5, 5.41) is 19.1. The summed E-state index contributed by atoms with van der Waals surface area (Å²) in [6.07, 6.45) is 11.8. The lowest BCUT2D eigenvalue weighted by molar-refractivity contribution is 0.0472. The number of benzene rings is 1. The van der Waals surface area contributed by atoms with Crippen LogP contribution in [0.1, 0.15) is 132 Å². The van der Waals surface area contributed by atoms with Crippen molar-refractivity contribution in [1.29, 1.82) is 0 Å². The van der Waals surface area contributed by atoms with Crippen LogP contribution in [-0.4, -0.2) is 47.3 Å². The lowest BCUT2D eigenvalue weighted by atomic mass is 9.98. The van der Waals surface area contributed by atoms with Crippen LogP contribution in [0.5, 0.6) is 0 Å². The van der Waals surface area contributed by atoms with Crippen molar-refractivity contribution in [2.24, 2.45) is 0 Å². The third-order valence-corrected chi connectivity index (χ3v) is 5.52. The van der Waals surface area contributed by atoms with Gasteiger partial charge in [-0.2, -0.15) is 0 Å². The van der Waals surface area contributed by atoms with Crippen LogP contribution in [0.15, 0.2) is 12.1 Å². The van der Waals surface area contributed by atoms with Gasteiger partial charge in [-0.25, -0.2) is 19.2 Å². The minimum Gasteiger partial charge on any atom is -0.478 e. The molecule has 34 heavy (non-hydrogen) atoms. The third kappa shape index (κ3) is 10.4. The fraction of sp³-hybridized carbons (Fsp3) is 0.615. The van der Waals surface area contributed by atoms with E-state index < -0.39 is 46.1 Å². The highest BCUT2D eigenvalue weighted by molar-refractivity contribution is 6.09. The molecular formula is C26H38O8. The number of carbonyl (C=O) groups excluding carboxylic acids is 2. The molecule has 0 heterocycles. The zero-order valence-electron chi connectivity index (χ0n) is 20.4. The van der Waals surface area contributed by atoms with Crippen LogP contribution in [0.25, 0.3) is 0 Å². The molecule has 0 aliphatic rings. The lowest BCUT2D eigenvalue weighted by Gasteiger charge is -2.12. The second-order valence-electron chi connectivity index (χ2n) is 8.36.